The van der Waals surface area contributed by atoms with Gasteiger partial charge in [0.15, 0.2) is 10.9 Å². The highest BCUT2D eigenvalue weighted by Gasteiger charge is 2.31. The molecule has 5 heteroatoms. The number of ether oxygens (including phenoxy) is 1. The standard InChI is InChI=1S/C30H28ClFO2S/c1-4-20-11-12-22(25-15-14-23(31)18-27(25)32)17-26(20)29-28(33)16-13-21(5-2)30(29)35-19(3)34-24-9-7-6-8-10-24/h6-12,14-15,17-18,21H,3-5,13,16H2,1-2H3. The number of ketones is 1. The van der Waals surface area contributed by atoms with E-state index in [4.69, 9.17) is 16.3 Å². The van der Waals surface area contributed by atoms with Gasteiger partial charge in [0.05, 0.1) is 0 Å². The summed E-state index contributed by atoms with van der Waals surface area (Å²) in [5, 5.41) is 0.873. The Hall–Kier alpha value is -2.82. The SMILES string of the molecule is C=C(Oc1ccccc1)SC1=C(c2cc(-c3ccc(Cl)cc3F)ccc2CC)C(=O)CCC1CC. The van der Waals surface area contributed by atoms with Gasteiger partial charge in [0.2, 0.25) is 0 Å². The first kappa shape index (κ1) is 25.3. The number of aryl methyl sites for hydroxylation is 1. The summed E-state index contributed by atoms with van der Waals surface area (Å²) in [7, 11) is 0. The maximum Gasteiger partial charge on any atom is 0.164 e. The van der Waals surface area contributed by atoms with E-state index in [1.807, 2.05) is 48.5 Å². The number of Topliss-reactive ketones (excluding diaryl/α,β-unsaturated/α-hetero) is 1. The fraction of sp³-hybridized carbons (Fsp3) is 0.233. The van der Waals surface area contributed by atoms with Crippen LogP contribution >= 0.6 is 23.4 Å². The van der Waals surface area contributed by atoms with E-state index in [1.165, 1.54) is 17.8 Å². The van der Waals surface area contributed by atoms with Crippen molar-refractivity contribution < 1.29 is 13.9 Å². The molecule has 2 nitrogen and oxygen atoms in total. The largest absolute Gasteiger partial charge is 0.451 e. The maximum atomic E-state index is 14.7. The minimum Gasteiger partial charge on any atom is -0.451 e. The van der Waals surface area contributed by atoms with Crippen LogP contribution in [0.2, 0.25) is 5.02 Å². The molecule has 0 amide bonds. The van der Waals surface area contributed by atoms with Gasteiger partial charge in [-0.3, -0.25) is 4.79 Å². The lowest BCUT2D eigenvalue weighted by Gasteiger charge is -2.28. The number of carbonyl (C=O) groups is 1. The van der Waals surface area contributed by atoms with Gasteiger partial charge in [-0.15, -0.1) is 0 Å². The molecule has 3 aromatic carbocycles. The van der Waals surface area contributed by atoms with Gasteiger partial charge < -0.3 is 4.74 Å². The van der Waals surface area contributed by atoms with Gasteiger partial charge in [-0.25, -0.2) is 4.39 Å². The van der Waals surface area contributed by atoms with Crippen molar-refractivity contribution in [2.45, 2.75) is 39.5 Å². The molecule has 180 valence electrons. The first-order chi connectivity index (χ1) is 16.9. The molecule has 1 aliphatic carbocycles. The molecule has 35 heavy (non-hydrogen) atoms. The second-order valence-electron chi connectivity index (χ2n) is 8.55. The fourth-order valence-electron chi connectivity index (χ4n) is 4.48. The molecule has 4 rings (SSSR count). The number of hydrogen-bond acceptors (Lipinski definition) is 3. The average Bonchev–Trinajstić information content (AvgIpc) is 2.85. The molecule has 0 N–H and O–H groups in total. The molecular weight excluding hydrogens is 479 g/mol. The predicted octanol–water partition coefficient (Wildman–Crippen LogP) is 9.09. The Labute approximate surface area is 215 Å². The molecule has 0 fully saturated rings. The molecule has 0 bridgehead atoms. The van der Waals surface area contributed by atoms with Crippen molar-refractivity contribution in [3.63, 3.8) is 0 Å². The molecule has 0 spiro atoms. The third-order valence-electron chi connectivity index (χ3n) is 6.31. The number of allylic oxidation sites excluding steroid dienone is 2. The number of carbonyl (C=O) groups excluding carboxylic acids is 1. The van der Waals surface area contributed by atoms with Crippen molar-refractivity contribution in [3.05, 3.63) is 105 Å². The molecule has 0 radical (unpaired) electrons. The first-order valence-electron chi connectivity index (χ1n) is 11.9. The monoisotopic (exact) mass is 506 g/mol. The zero-order valence-corrected chi connectivity index (χ0v) is 21.5. The molecule has 0 saturated heterocycles. The van der Waals surface area contributed by atoms with E-state index in [-0.39, 0.29) is 17.5 Å². The van der Waals surface area contributed by atoms with Gasteiger partial charge in [-0.2, -0.15) is 0 Å². The Morgan fingerprint density at radius 3 is 2.54 bits per heavy atom. The van der Waals surface area contributed by atoms with Crippen molar-refractivity contribution in [2.75, 3.05) is 0 Å². The van der Waals surface area contributed by atoms with Gasteiger partial charge in [-0.1, -0.05) is 67.5 Å². The number of thioether (sulfide) groups is 1. The minimum absolute atomic E-state index is 0.105. The van der Waals surface area contributed by atoms with Gasteiger partial charge >= 0.3 is 0 Å². The van der Waals surface area contributed by atoms with Crippen molar-refractivity contribution >= 4 is 34.7 Å². The number of halogens is 2. The number of rotatable bonds is 8. The number of para-hydroxylation sites is 1. The molecule has 1 aliphatic rings. The molecule has 1 atom stereocenters. The molecule has 0 aromatic heterocycles. The Bertz CT molecular complexity index is 1280. The van der Waals surface area contributed by atoms with Gasteiger partial charge in [0, 0.05) is 27.5 Å². The summed E-state index contributed by atoms with van der Waals surface area (Å²) < 4.78 is 20.7. The predicted molar refractivity (Wildman–Crippen MR) is 145 cm³/mol. The minimum atomic E-state index is -0.387. The van der Waals surface area contributed by atoms with E-state index in [0.717, 1.165) is 35.3 Å². The molecule has 0 heterocycles. The van der Waals surface area contributed by atoms with Crippen LogP contribution < -0.4 is 4.74 Å². The van der Waals surface area contributed by atoms with E-state index in [9.17, 15) is 9.18 Å². The normalized spacial score (nSPS) is 15.9. The Kier molecular flexibility index (Phi) is 8.15. The van der Waals surface area contributed by atoms with Crippen molar-refractivity contribution in [3.8, 4) is 16.9 Å². The summed E-state index contributed by atoms with van der Waals surface area (Å²) >= 11 is 7.40. The molecular formula is C30H28ClFO2S. The molecule has 3 aromatic rings. The lowest BCUT2D eigenvalue weighted by atomic mass is 9.82. The van der Waals surface area contributed by atoms with Crippen LogP contribution in [0.5, 0.6) is 5.75 Å². The Morgan fingerprint density at radius 1 is 1.09 bits per heavy atom. The van der Waals surface area contributed by atoms with Crippen LogP contribution in [-0.2, 0) is 11.2 Å². The van der Waals surface area contributed by atoms with Crippen LogP contribution in [0.15, 0.2) is 83.3 Å². The van der Waals surface area contributed by atoms with Gasteiger partial charge in [0.25, 0.3) is 0 Å². The van der Waals surface area contributed by atoms with Crippen LogP contribution in [0.4, 0.5) is 4.39 Å². The Morgan fingerprint density at radius 2 is 1.86 bits per heavy atom. The maximum absolute atomic E-state index is 14.7. The van der Waals surface area contributed by atoms with Crippen LogP contribution in [0.25, 0.3) is 16.7 Å². The second kappa shape index (κ2) is 11.3. The summed E-state index contributed by atoms with van der Waals surface area (Å²) in [5.41, 5.74) is 3.79. The highest BCUT2D eigenvalue weighted by Crippen LogP contribution is 2.46. The third-order valence-corrected chi connectivity index (χ3v) is 7.61. The first-order valence-corrected chi connectivity index (χ1v) is 13.1. The summed E-state index contributed by atoms with van der Waals surface area (Å²) in [4.78, 5) is 14.4. The highest BCUT2D eigenvalue weighted by molar-refractivity contribution is 8.06. The van der Waals surface area contributed by atoms with Crippen LogP contribution in [0.1, 0.15) is 44.2 Å². The van der Waals surface area contributed by atoms with E-state index in [2.05, 4.69) is 20.4 Å². The summed E-state index contributed by atoms with van der Waals surface area (Å²) in [6.07, 6.45) is 2.95. The van der Waals surface area contributed by atoms with Crippen molar-refractivity contribution in [2.24, 2.45) is 5.92 Å². The third kappa shape index (κ3) is 5.71. The smallest absolute Gasteiger partial charge is 0.164 e. The van der Waals surface area contributed by atoms with Crippen LogP contribution in [0, 0.1) is 11.7 Å². The van der Waals surface area contributed by atoms with E-state index < -0.39 is 0 Å². The van der Waals surface area contributed by atoms with E-state index in [1.54, 1.807) is 12.1 Å². The summed E-state index contributed by atoms with van der Waals surface area (Å²) in [6, 6.07) is 20.0. The lowest BCUT2D eigenvalue weighted by molar-refractivity contribution is -0.114. The van der Waals surface area contributed by atoms with E-state index >= 15 is 0 Å². The number of hydrogen-bond donors (Lipinski definition) is 0. The Balaban J connectivity index is 1.81. The molecule has 1 unspecified atom stereocenters. The van der Waals surface area contributed by atoms with Crippen molar-refractivity contribution in [1.82, 2.24) is 0 Å². The topological polar surface area (TPSA) is 26.3 Å². The molecule has 0 saturated carbocycles. The summed E-state index contributed by atoms with van der Waals surface area (Å²) in [5.74, 6) is 0.650. The molecule has 0 aliphatic heterocycles. The number of benzene rings is 3. The van der Waals surface area contributed by atoms with Crippen LogP contribution in [0.3, 0.4) is 0 Å². The van der Waals surface area contributed by atoms with Gasteiger partial charge in [-0.05, 0) is 84.8 Å². The van der Waals surface area contributed by atoms with Crippen LogP contribution in [-0.4, -0.2) is 5.78 Å². The second-order valence-corrected chi connectivity index (χ2v) is 10.1. The fourth-order valence-corrected chi connectivity index (χ4v) is 5.80. The van der Waals surface area contributed by atoms with Gasteiger partial charge in [0.1, 0.15) is 11.6 Å². The quantitative estimate of drug-likeness (QED) is 0.285. The summed E-state index contributed by atoms with van der Waals surface area (Å²) in [6.45, 7) is 8.33. The highest BCUT2D eigenvalue weighted by atomic mass is 35.5. The zero-order valence-electron chi connectivity index (χ0n) is 19.9. The lowest BCUT2D eigenvalue weighted by Crippen LogP contribution is -2.18. The average molecular weight is 507 g/mol. The van der Waals surface area contributed by atoms with E-state index in [0.29, 0.717) is 39.0 Å². The zero-order chi connectivity index (χ0) is 24.9. The van der Waals surface area contributed by atoms with Crippen molar-refractivity contribution in [1.29, 1.82) is 0 Å².